The van der Waals surface area contributed by atoms with Crippen LogP contribution in [0.2, 0.25) is 5.02 Å². The van der Waals surface area contributed by atoms with Crippen LogP contribution in [-0.4, -0.2) is 50.2 Å². The van der Waals surface area contributed by atoms with Crippen molar-refractivity contribution in [3.63, 3.8) is 0 Å². The van der Waals surface area contributed by atoms with Gasteiger partial charge in [-0.3, -0.25) is 5.32 Å². The predicted octanol–water partition coefficient (Wildman–Crippen LogP) is 7.24. The molecule has 37 heavy (non-hydrogen) atoms. The number of nitrogens with zero attached hydrogens (tertiary/aromatic N) is 3. The minimum atomic E-state index is -4.47. The number of aromatic nitrogens is 1. The number of fused-ring (bicyclic) bond motifs is 1. The van der Waals surface area contributed by atoms with Gasteiger partial charge in [-0.15, -0.1) is 0 Å². The van der Waals surface area contributed by atoms with Crippen LogP contribution in [0.5, 0.6) is 5.75 Å². The molecular weight excluding hydrogens is 525 g/mol. The fourth-order valence-electron chi connectivity index (χ4n) is 3.48. The van der Waals surface area contributed by atoms with Crippen molar-refractivity contribution in [2.45, 2.75) is 6.18 Å². The normalized spacial score (nSPS) is 11.7. The Labute approximate surface area is 221 Å². The van der Waals surface area contributed by atoms with E-state index in [1.54, 1.807) is 30.3 Å². The summed E-state index contributed by atoms with van der Waals surface area (Å²) in [6, 6.07) is 14.9. The SMILES string of the molecule is CN(C)CCN(C)c1nc2ccc(NC(=O)Oc3ccc(-c4ccc(C(F)(F)F)cc4Cl)cc3)cc2s1. The van der Waals surface area contributed by atoms with Gasteiger partial charge in [0.2, 0.25) is 0 Å². The van der Waals surface area contributed by atoms with Crippen LogP contribution in [0.25, 0.3) is 21.3 Å². The van der Waals surface area contributed by atoms with E-state index in [1.165, 1.54) is 17.4 Å². The van der Waals surface area contributed by atoms with Crippen molar-refractivity contribution in [1.82, 2.24) is 9.88 Å². The fourth-order valence-corrected chi connectivity index (χ4v) is 4.76. The van der Waals surface area contributed by atoms with Gasteiger partial charge in [-0.2, -0.15) is 13.2 Å². The van der Waals surface area contributed by atoms with Crippen LogP contribution >= 0.6 is 22.9 Å². The lowest BCUT2D eigenvalue weighted by atomic mass is 10.0. The number of amides is 1. The summed E-state index contributed by atoms with van der Waals surface area (Å²) < 4.78 is 44.9. The topological polar surface area (TPSA) is 57.7 Å². The molecule has 0 bridgehead atoms. The van der Waals surface area contributed by atoms with Gasteiger partial charge in [0.25, 0.3) is 0 Å². The summed E-state index contributed by atoms with van der Waals surface area (Å²) in [5, 5.41) is 3.58. The lowest BCUT2D eigenvalue weighted by Gasteiger charge is -2.18. The molecule has 0 spiro atoms. The highest BCUT2D eigenvalue weighted by atomic mass is 35.5. The van der Waals surface area contributed by atoms with Gasteiger partial charge in [0.1, 0.15) is 5.75 Å². The fraction of sp³-hybridized carbons (Fsp3) is 0.231. The van der Waals surface area contributed by atoms with E-state index in [0.29, 0.717) is 16.8 Å². The Balaban J connectivity index is 1.39. The molecule has 6 nitrogen and oxygen atoms in total. The first-order valence-corrected chi connectivity index (χ1v) is 12.4. The number of nitrogens with one attached hydrogen (secondary N) is 1. The number of likely N-dealkylation sites (N-methyl/N-ethyl adjacent to an activating group) is 2. The minimum absolute atomic E-state index is 0.0215. The lowest BCUT2D eigenvalue weighted by Crippen LogP contribution is -2.28. The monoisotopic (exact) mass is 548 g/mol. The zero-order valence-electron chi connectivity index (χ0n) is 20.3. The summed E-state index contributed by atoms with van der Waals surface area (Å²) in [5.74, 6) is 0.271. The van der Waals surface area contributed by atoms with Gasteiger partial charge in [-0.25, -0.2) is 9.78 Å². The average Bonchev–Trinajstić information content (AvgIpc) is 3.26. The molecule has 0 fully saturated rings. The highest BCUT2D eigenvalue weighted by molar-refractivity contribution is 7.22. The zero-order chi connectivity index (χ0) is 26.7. The van der Waals surface area contributed by atoms with Crippen LogP contribution in [0, 0.1) is 0 Å². The summed E-state index contributed by atoms with van der Waals surface area (Å²) in [4.78, 5) is 21.3. The van der Waals surface area contributed by atoms with Crippen molar-refractivity contribution >= 4 is 50.1 Å². The molecule has 4 rings (SSSR count). The molecule has 1 amide bonds. The largest absolute Gasteiger partial charge is 0.417 e. The number of thiazole rings is 1. The highest BCUT2D eigenvalue weighted by Crippen LogP contribution is 2.36. The van der Waals surface area contributed by atoms with Gasteiger partial charge in [0.15, 0.2) is 5.13 Å². The van der Waals surface area contributed by atoms with Gasteiger partial charge in [0, 0.05) is 36.4 Å². The van der Waals surface area contributed by atoms with E-state index in [2.05, 4.69) is 20.1 Å². The molecule has 1 aromatic heterocycles. The molecule has 0 aliphatic rings. The van der Waals surface area contributed by atoms with Gasteiger partial charge in [-0.05, 0) is 62.1 Å². The number of alkyl halides is 3. The number of benzene rings is 3. The second kappa shape index (κ2) is 11.0. The first-order valence-electron chi connectivity index (χ1n) is 11.2. The van der Waals surface area contributed by atoms with Crippen molar-refractivity contribution in [2.24, 2.45) is 0 Å². The Kier molecular flexibility index (Phi) is 7.91. The maximum atomic E-state index is 12.9. The van der Waals surface area contributed by atoms with E-state index in [-0.39, 0.29) is 10.8 Å². The van der Waals surface area contributed by atoms with Crippen molar-refractivity contribution in [1.29, 1.82) is 0 Å². The summed E-state index contributed by atoms with van der Waals surface area (Å²) in [6.45, 7) is 1.75. The third kappa shape index (κ3) is 6.71. The van der Waals surface area contributed by atoms with Gasteiger partial charge >= 0.3 is 12.3 Å². The zero-order valence-corrected chi connectivity index (χ0v) is 21.8. The third-order valence-corrected chi connectivity index (χ3v) is 6.95. The number of rotatable bonds is 7. The summed E-state index contributed by atoms with van der Waals surface area (Å²) in [7, 11) is 6.04. The van der Waals surface area contributed by atoms with Crippen LogP contribution in [0.3, 0.4) is 0 Å². The van der Waals surface area contributed by atoms with E-state index in [4.69, 9.17) is 16.3 Å². The van der Waals surface area contributed by atoms with Gasteiger partial charge in [-0.1, -0.05) is 41.1 Å². The molecule has 4 aromatic rings. The number of ether oxygens (including phenoxy) is 1. The van der Waals surface area contributed by atoms with Crippen molar-refractivity contribution in [3.8, 4) is 16.9 Å². The molecule has 0 aliphatic carbocycles. The summed E-state index contributed by atoms with van der Waals surface area (Å²) >= 11 is 7.61. The Morgan fingerprint density at radius 1 is 1.03 bits per heavy atom. The molecule has 11 heteroatoms. The molecule has 0 saturated carbocycles. The van der Waals surface area contributed by atoms with Crippen molar-refractivity contribution in [2.75, 3.05) is 44.4 Å². The van der Waals surface area contributed by atoms with E-state index >= 15 is 0 Å². The van der Waals surface area contributed by atoms with Gasteiger partial charge < -0.3 is 14.5 Å². The second-order valence-electron chi connectivity index (χ2n) is 8.64. The number of hydrogen-bond acceptors (Lipinski definition) is 6. The van der Waals surface area contributed by atoms with Crippen LogP contribution in [-0.2, 0) is 6.18 Å². The van der Waals surface area contributed by atoms with Crippen molar-refractivity contribution < 1.29 is 22.7 Å². The molecule has 0 saturated heterocycles. The van der Waals surface area contributed by atoms with Gasteiger partial charge in [0.05, 0.1) is 15.8 Å². The number of carbonyl (C=O) groups excluding carboxylic acids is 1. The summed E-state index contributed by atoms with van der Waals surface area (Å²) in [5.41, 5.74) is 1.62. The van der Waals surface area contributed by atoms with E-state index in [9.17, 15) is 18.0 Å². The Morgan fingerprint density at radius 3 is 2.41 bits per heavy atom. The number of hydrogen-bond donors (Lipinski definition) is 1. The smallest absolute Gasteiger partial charge is 0.410 e. The van der Waals surface area contributed by atoms with Crippen LogP contribution in [0.4, 0.5) is 28.8 Å². The minimum Gasteiger partial charge on any atom is -0.410 e. The Bertz CT molecular complexity index is 1410. The molecule has 1 N–H and O–H groups in total. The molecule has 0 radical (unpaired) electrons. The quantitative estimate of drug-likeness (QED) is 0.264. The maximum absolute atomic E-state index is 12.9. The highest BCUT2D eigenvalue weighted by Gasteiger charge is 2.31. The second-order valence-corrected chi connectivity index (χ2v) is 10.1. The van der Waals surface area contributed by atoms with Crippen LogP contribution in [0.1, 0.15) is 5.56 Å². The predicted molar refractivity (Wildman–Crippen MR) is 143 cm³/mol. The number of anilines is 2. The Morgan fingerprint density at radius 2 is 1.76 bits per heavy atom. The molecule has 1 heterocycles. The van der Waals surface area contributed by atoms with Crippen molar-refractivity contribution in [3.05, 3.63) is 71.2 Å². The molecule has 3 aromatic carbocycles. The lowest BCUT2D eigenvalue weighted by molar-refractivity contribution is -0.137. The van der Waals surface area contributed by atoms with E-state index in [0.717, 1.165) is 40.6 Å². The summed E-state index contributed by atoms with van der Waals surface area (Å²) in [6.07, 6.45) is -5.14. The first kappa shape index (κ1) is 26.7. The van der Waals surface area contributed by atoms with Crippen LogP contribution < -0.4 is 15.0 Å². The molecular formula is C26H24ClF3N4O2S. The standard InChI is InChI=1S/C26H24ClF3N4O2S/c1-33(2)12-13-34(3)24-32-22-11-7-18(15-23(22)37-24)31-25(35)36-19-8-4-16(5-9-19)20-10-6-17(14-21(20)27)26(28,29)30/h4-11,14-15H,12-13H2,1-3H3,(H,31,35). The molecule has 0 unspecified atom stereocenters. The molecule has 0 atom stereocenters. The number of carbonyl (C=O) groups is 1. The number of halogens is 4. The molecule has 194 valence electrons. The van der Waals surface area contributed by atoms with Crippen LogP contribution in [0.15, 0.2) is 60.7 Å². The molecule has 0 aliphatic heterocycles. The third-order valence-electron chi connectivity index (χ3n) is 5.51. The Hall–Kier alpha value is -3.34. The van der Waals surface area contributed by atoms with E-state index in [1.807, 2.05) is 33.3 Å². The average molecular weight is 549 g/mol. The first-order chi connectivity index (χ1) is 17.5. The maximum Gasteiger partial charge on any atom is 0.417 e. The van der Waals surface area contributed by atoms with E-state index < -0.39 is 17.8 Å².